The summed E-state index contributed by atoms with van der Waals surface area (Å²) in [7, 11) is 0. The molecule has 0 aromatic carbocycles. The van der Waals surface area contributed by atoms with Crippen molar-refractivity contribution in [2.75, 3.05) is 0 Å². The van der Waals surface area contributed by atoms with Gasteiger partial charge in [-0.3, -0.25) is 4.79 Å². The minimum absolute atomic E-state index is 0.0197. The highest BCUT2D eigenvalue weighted by Gasteiger charge is 2.47. The van der Waals surface area contributed by atoms with Crippen molar-refractivity contribution in [2.45, 2.75) is 24.9 Å². The second kappa shape index (κ2) is 1.48. The minimum atomic E-state index is -0.192. The minimum Gasteiger partial charge on any atom is -0.368 e. The van der Waals surface area contributed by atoms with Gasteiger partial charge in [0.15, 0.2) is 0 Å². The van der Waals surface area contributed by atoms with Crippen molar-refractivity contribution in [3.05, 3.63) is 0 Å². The number of amides is 1. The first-order valence-electron chi connectivity index (χ1n) is 3.33. The third kappa shape index (κ3) is 0.721. The highest BCUT2D eigenvalue weighted by Crippen LogP contribution is 2.40. The maximum atomic E-state index is 10.5. The summed E-state index contributed by atoms with van der Waals surface area (Å²) in [4.78, 5) is 10.5. The lowest BCUT2D eigenvalue weighted by Crippen LogP contribution is -2.38. The smallest absolute Gasteiger partial charge is 0.234 e. The second-order valence-electron chi connectivity index (χ2n) is 2.96. The predicted octanol–water partition coefficient (Wildman–Crippen LogP) is -0.778. The average Bonchev–Trinajstić information content (AvgIpc) is 2.40. The lowest BCUT2D eigenvalue weighted by molar-refractivity contribution is -0.119. The Morgan fingerprint density at radius 1 is 1.56 bits per heavy atom. The molecule has 3 N–H and O–H groups in total. The van der Waals surface area contributed by atoms with Crippen LogP contribution in [-0.4, -0.2) is 18.0 Å². The van der Waals surface area contributed by atoms with E-state index in [0.29, 0.717) is 6.04 Å². The Morgan fingerprint density at radius 2 is 2.33 bits per heavy atom. The number of rotatable bonds is 1. The van der Waals surface area contributed by atoms with Crippen LogP contribution in [-0.2, 0) is 4.79 Å². The van der Waals surface area contributed by atoms with E-state index in [4.69, 9.17) is 5.73 Å². The van der Waals surface area contributed by atoms with Gasteiger partial charge in [0.1, 0.15) is 0 Å². The normalized spacial score (nSPS) is 46.4. The molecule has 2 rings (SSSR count). The number of nitrogens with one attached hydrogen (secondary N) is 1. The third-order valence-corrected chi connectivity index (χ3v) is 2.22. The van der Waals surface area contributed by atoms with E-state index in [9.17, 15) is 4.79 Å². The Hall–Kier alpha value is -0.570. The lowest BCUT2D eigenvalue weighted by Gasteiger charge is -2.06. The van der Waals surface area contributed by atoms with Gasteiger partial charge in [0.25, 0.3) is 0 Å². The number of hydrogen-bond donors (Lipinski definition) is 2. The van der Waals surface area contributed by atoms with E-state index < -0.39 is 0 Å². The van der Waals surface area contributed by atoms with Crippen LogP contribution < -0.4 is 11.1 Å². The zero-order valence-corrected chi connectivity index (χ0v) is 5.13. The van der Waals surface area contributed by atoms with Crippen molar-refractivity contribution in [1.82, 2.24) is 5.32 Å². The van der Waals surface area contributed by atoms with Crippen LogP contribution in [0.5, 0.6) is 0 Å². The zero-order valence-electron chi connectivity index (χ0n) is 5.13. The summed E-state index contributed by atoms with van der Waals surface area (Å²) in [6.45, 7) is 0. The predicted molar refractivity (Wildman–Crippen MR) is 32.6 cm³/mol. The van der Waals surface area contributed by atoms with Crippen molar-refractivity contribution < 1.29 is 4.79 Å². The summed E-state index contributed by atoms with van der Waals surface area (Å²) in [6.07, 6.45) is 2.23. The molecule has 1 aliphatic heterocycles. The number of nitrogens with two attached hydrogens (primary N) is 1. The fourth-order valence-electron chi connectivity index (χ4n) is 1.54. The largest absolute Gasteiger partial charge is 0.368 e. The van der Waals surface area contributed by atoms with E-state index in [0.717, 1.165) is 12.3 Å². The Labute approximate surface area is 53.6 Å². The van der Waals surface area contributed by atoms with Gasteiger partial charge in [-0.15, -0.1) is 0 Å². The lowest BCUT2D eigenvalue weighted by atomic mass is 10.2. The zero-order chi connectivity index (χ0) is 6.43. The molecule has 1 amide bonds. The van der Waals surface area contributed by atoms with Gasteiger partial charge >= 0.3 is 0 Å². The molecule has 0 aromatic heterocycles. The Morgan fingerprint density at radius 3 is 2.67 bits per heavy atom. The number of carbonyl (C=O) groups excluding carboxylic acids is 1. The van der Waals surface area contributed by atoms with Gasteiger partial charge in [-0.05, 0) is 18.8 Å². The van der Waals surface area contributed by atoms with E-state index in [-0.39, 0.29) is 11.9 Å². The van der Waals surface area contributed by atoms with Gasteiger partial charge < -0.3 is 11.1 Å². The molecule has 3 nitrogen and oxygen atoms in total. The maximum Gasteiger partial charge on any atom is 0.234 e. The Balaban J connectivity index is 1.97. The quantitative estimate of drug-likeness (QED) is 0.484. The molecular weight excluding hydrogens is 116 g/mol. The molecule has 0 radical (unpaired) electrons. The topological polar surface area (TPSA) is 55.1 Å². The van der Waals surface area contributed by atoms with Gasteiger partial charge in [-0.2, -0.15) is 0 Å². The SMILES string of the molecule is NC(=O)C1C[C@@H]2CC2N1. The van der Waals surface area contributed by atoms with Gasteiger partial charge in [0, 0.05) is 6.04 Å². The van der Waals surface area contributed by atoms with Crippen molar-refractivity contribution >= 4 is 5.91 Å². The Bertz CT molecular complexity index is 147. The number of fused-ring (bicyclic) bond motifs is 1. The first-order chi connectivity index (χ1) is 4.27. The first kappa shape index (κ1) is 5.23. The molecule has 3 heteroatoms. The van der Waals surface area contributed by atoms with Crippen LogP contribution in [0.25, 0.3) is 0 Å². The molecule has 1 saturated heterocycles. The monoisotopic (exact) mass is 126 g/mol. The summed E-state index contributed by atoms with van der Waals surface area (Å²) in [6, 6.07) is 0.608. The molecule has 1 heterocycles. The van der Waals surface area contributed by atoms with Crippen molar-refractivity contribution in [2.24, 2.45) is 11.7 Å². The van der Waals surface area contributed by atoms with Crippen LogP contribution in [0.15, 0.2) is 0 Å². The van der Waals surface area contributed by atoms with Crippen LogP contribution in [0.2, 0.25) is 0 Å². The summed E-state index contributed by atoms with van der Waals surface area (Å²) in [5.74, 6) is 0.574. The highest BCUT2D eigenvalue weighted by molar-refractivity contribution is 5.80. The van der Waals surface area contributed by atoms with Crippen molar-refractivity contribution in [1.29, 1.82) is 0 Å². The molecule has 9 heavy (non-hydrogen) atoms. The van der Waals surface area contributed by atoms with Crippen molar-refractivity contribution in [3.8, 4) is 0 Å². The van der Waals surface area contributed by atoms with Crippen LogP contribution in [0, 0.1) is 5.92 Å². The summed E-state index contributed by atoms with van der Waals surface area (Å²) in [5.41, 5.74) is 5.08. The fourth-order valence-corrected chi connectivity index (χ4v) is 1.54. The Kier molecular flexibility index (Phi) is 0.858. The molecule has 50 valence electrons. The first-order valence-corrected chi connectivity index (χ1v) is 3.33. The highest BCUT2D eigenvalue weighted by atomic mass is 16.1. The molecule has 2 fully saturated rings. The van der Waals surface area contributed by atoms with Crippen LogP contribution in [0.3, 0.4) is 0 Å². The summed E-state index contributed by atoms with van der Waals surface area (Å²) in [5, 5.41) is 3.15. The molecule has 1 saturated carbocycles. The average molecular weight is 126 g/mol. The molecule has 0 bridgehead atoms. The fraction of sp³-hybridized carbons (Fsp3) is 0.833. The number of carbonyl (C=O) groups is 1. The maximum absolute atomic E-state index is 10.5. The summed E-state index contributed by atoms with van der Waals surface area (Å²) >= 11 is 0. The van der Waals surface area contributed by atoms with Crippen LogP contribution in [0.4, 0.5) is 0 Å². The van der Waals surface area contributed by atoms with Gasteiger partial charge in [-0.25, -0.2) is 0 Å². The van der Waals surface area contributed by atoms with E-state index in [2.05, 4.69) is 5.32 Å². The third-order valence-electron chi connectivity index (χ3n) is 2.22. The molecular formula is C6H10N2O. The van der Waals surface area contributed by atoms with Gasteiger partial charge in [0.2, 0.25) is 5.91 Å². The van der Waals surface area contributed by atoms with Gasteiger partial charge in [-0.1, -0.05) is 0 Å². The second-order valence-corrected chi connectivity index (χ2v) is 2.96. The van der Waals surface area contributed by atoms with E-state index >= 15 is 0 Å². The van der Waals surface area contributed by atoms with E-state index in [1.54, 1.807) is 0 Å². The number of piperidine rings is 1. The summed E-state index contributed by atoms with van der Waals surface area (Å²) < 4.78 is 0. The van der Waals surface area contributed by atoms with E-state index in [1.165, 1.54) is 6.42 Å². The van der Waals surface area contributed by atoms with E-state index in [1.807, 2.05) is 0 Å². The molecule has 3 atom stereocenters. The van der Waals surface area contributed by atoms with Crippen LogP contribution >= 0.6 is 0 Å². The van der Waals surface area contributed by atoms with Crippen molar-refractivity contribution in [3.63, 3.8) is 0 Å². The number of primary amides is 1. The molecule has 0 aromatic rings. The molecule has 1 aliphatic carbocycles. The van der Waals surface area contributed by atoms with Crippen LogP contribution in [0.1, 0.15) is 12.8 Å². The molecule has 2 unspecified atom stereocenters. The number of hydrogen-bond acceptors (Lipinski definition) is 2. The molecule has 2 aliphatic rings. The standard InChI is InChI=1S/C6H10N2O/c7-6(9)5-2-3-1-4(3)8-5/h3-5,8H,1-2H2,(H2,7,9)/t3-,4?,5?/m0/s1. The molecule has 0 spiro atoms. The van der Waals surface area contributed by atoms with Gasteiger partial charge in [0.05, 0.1) is 6.04 Å².